The van der Waals surface area contributed by atoms with Gasteiger partial charge in [0.2, 0.25) is 0 Å². The molecule has 204 valence electrons. The molecule has 0 atom stereocenters. The Labute approximate surface area is 229 Å². The molecule has 0 N–H and O–H groups in total. The van der Waals surface area contributed by atoms with E-state index in [0.717, 1.165) is 56.6 Å². The van der Waals surface area contributed by atoms with E-state index < -0.39 is 0 Å². The fourth-order valence-corrected chi connectivity index (χ4v) is 5.41. The average Bonchev–Trinajstić information content (AvgIpc) is 2.96. The van der Waals surface area contributed by atoms with Gasteiger partial charge in [0.15, 0.2) is 5.78 Å². The third-order valence-corrected chi connectivity index (χ3v) is 7.86. The van der Waals surface area contributed by atoms with Crippen LogP contribution < -0.4 is 4.74 Å². The maximum absolute atomic E-state index is 13.1. The van der Waals surface area contributed by atoms with Gasteiger partial charge >= 0.3 is 0 Å². The number of piperidine rings is 2. The zero-order valence-electron chi connectivity index (χ0n) is 22.5. The van der Waals surface area contributed by atoms with Crippen LogP contribution in [0.4, 0.5) is 4.39 Å². The number of pyridine rings is 1. The highest BCUT2D eigenvalue weighted by molar-refractivity contribution is 5.97. The lowest BCUT2D eigenvalue weighted by Gasteiger charge is -2.32. The molecule has 5 rings (SSSR count). The van der Waals surface area contributed by atoms with E-state index in [1.54, 1.807) is 18.3 Å². The molecule has 3 heterocycles. The molecule has 2 aromatic carbocycles. The zero-order chi connectivity index (χ0) is 27.2. The number of ether oxygens (including phenoxy) is 1. The van der Waals surface area contributed by atoms with E-state index in [2.05, 4.69) is 9.88 Å². The average molecular weight is 530 g/mol. The minimum atomic E-state index is -0.216. The lowest BCUT2D eigenvalue weighted by Crippen LogP contribution is -2.42. The van der Waals surface area contributed by atoms with Gasteiger partial charge < -0.3 is 9.64 Å². The first kappa shape index (κ1) is 27.0. The van der Waals surface area contributed by atoms with Crippen LogP contribution in [0.15, 0.2) is 66.9 Å². The SMILES string of the molecule is Cc1ccc(OC2CCN(C(=O)c3ccc(C(=O)CC4CCN(Cc5ccc(F)cc5)CC4)cn3)CC2)cc1. The second-order valence-electron chi connectivity index (χ2n) is 10.8. The monoisotopic (exact) mass is 529 g/mol. The molecule has 1 amide bonds. The third kappa shape index (κ3) is 7.30. The topological polar surface area (TPSA) is 62.7 Å². The molecule has 0 radical (unpaired) electrons. The van der Waals surface area contributed by atoms with E-state index in [1.807, 2.05) is 48.2 Å². The summed E-state index contributed by atoms with van der Waals surface area (Å²) in [5.41, 5.74) is 3.24. The van der Waals surface area contributed by atoms with E-state index in [-0.39, 0.29) is 23.6 Å². The van der Waals surface area contributed by atoms with Crippen LogP contribution in [0.1, 0.15) is 64.1 Å². The van der Waals surface area contributed by atoms with Gasteiger partial charge in [-0.1, -0.05) is 29.8 Å². The van der Waals surface area contributed by atoms with Gasteiger partial charge in [0, 0.05) is 50.7 Å². The normalized spacial score (nSPS) is 17.2. The molecule has 2 aliphatic heterocycles. The molecule has 6 nitrogen and oxygen atoms in total. The van der Waals surface area contributed by atoms with Crippen molar-refractivity contribution < 1.29 is 18.7 Å². The van der Waals surface area contributed by atoms with Crippen molar-refractivity contribution in [2.75, 3.05) is 26.2 Å². The van der Waals surface area contributed by atoms with Crippen molar-refractivity contribution in [3.63, 3.8) is 0 Å². The van der Waals surface area contributed by atoms with E-state index >= 15 is 0 Å². The van der Waals surface area contributed by atoms with Gasteiger partial charge in [-0.25, -0.2) is 4.39 Å². The molecule has 3 aromatic rings. The van der Waals surface area contributed by atoms with Crippen LogP contribution in [0.5, 0.6) is 5.75 Å². The molecule has 7 heteroatoms. The van der Waals surface area contributed by atoms with Gasteiger partial charge in [0.1, 0.15) is 23.4 Å². The molecule has 2 saturated heterocycles. The van der Waals surface area contributed by atoms with Crippen LogP contribution >= 0.6 is 0 Å². The summed E-state index contributed by atoms with van der Waals surface area (Å²) in [7, 11) is 0. The summed E-state index contributed by atoms with van der Waals surface area (Å²) < 4.78 is 19.2. The highest BCUT2D eigenvalue weighted by Crippen LogP contribution is 2.24. The van der Waals surface area contributed by atoms with Gasteiger partial charge in [-0.15, -0.1) is 0 Å². The van der Waals surface area contributed by atoms with Crippen molar-refractivity contribution in [2.45, 2.75) is 51.7 Å². The molecular formula is C32H36FN3O3. The van der Waals surface area contributed by atoms with Crippen molar-refractivity contribution in [3.05, 3.63) is 95.1 Å². The van der Waals surface area contributed by atoms with E-state index in [0.29, 0.717) is 36.7 Å². The molecule has 0 aliphatic carbocycles. The van der Waals surface area contributed by atoms with Gasteiger partial charge in [-0.2, -0.15) is 0 Å². The molecular weight excluding hydrogens is 493 g/mol. The molecule has 0 bridgehead atoms. The number of hydrogen-bond donors (Lipinski definition) is 0. The fraction of sp³-hybridized carbons (Fsp3) is 0.406. The van der Waals surface area contributed by atoms with Crippen LogP contribution in [0, 0.1) is 18.7 Å². The first-order chi connectivity index (χ1) is 18.9. The van der Waals surface area contributed by atoms with Crippen LogP contribution in [-0.2, 0) is 6.54 Å². The second-order valence-corrected chi connectivity index (χ2v) is 10.8. The predicted octanol–water partition coefficient (Wildman–Crippen LogP) is 5.70. The molecule has 0 spiro atoms. The standard InChI is InChI=1S/C32H36FN3O3/c1-23-2-9-28(10-3-23)39-29-14-18-36(19-15-29)32(38)30-11-6-26(21-34-30)31(37)20-24-12-16-35(17-13-24)22-25-4-7-27(33)8-5-25/h2-11,21,24,29H,12-20,22H2,1H3. The molecule has 1 aromatic heterocycles. The molecule has 0 unspecified atom stereocenters. The number of nitrogens with zero attached hydrogens (tertiary/aromatic N) is 3. The van der Waals surface area contributed by atoms with E-state index in [4.69, 9.17) is 4.74 Å². The van der Waals surface area contributed by atoms with Crippen molar-refractivity contribution in [3.8, 4) is 5.75 Å². The fourth-order valence-electron chi connectivity index (χ4n) is 5.41. The number of hydrogen-bond acceptors (Lipinski definition) is 5. The highest BCUT2D eigenvalue weighted by atomic mass is 19.1. The Hall–Kier alpha value is -3.58. The third-order valence-electron chi connectivity index (χ3n) is 7.86. The number of aromatic nitrogens is 1. The Kier molecular flexibility index (Phi) is 8.67. The largest absolute Gasteiger partial charge is 0.490 e. The zero-order valence-corrected chi connectivity index (χ0v) is 22.5. The van der Waals surface area contributed by atoms with Crippen LogP contribution in [0.25, 0.3) is 0 Å². The summed E-state index contributed by atoms with van der Waals surface area (Å²) in [5.74, 6) is 0.964. The number of likely N-dealkylation sites (tertiary alicyclic amines) is 2. The molecule has 2 aliphatic rings. The quantitative estimate of drug-likeness (QED) is 0.351. The number of Topliss-reactive ketones (excluding diaryl/α,β-unsaturated/α-hetero) is 1. The summed E-state index contributed by atoms with van der Waals surface area (Å²) in [5, 5.41) is 0. The number of carbonyl (C=O) groups is 2. The Morgan fingerprint density at radius 1 is 0.897 bits per heavy atom. The number of rotatable bonds is 8. The lowest BCUT2D eigenvalue weighted by molar-refractivity contribution is 0.0589. The number of benzene rings is 2. The Morgan fingerprint density at radius 2 is 1.59 bits per heavy atom. The van der Waals surface area contributed by atoms with Crippen molar-refractivity contribution in [1.29, 1.82) is 0 Å². The minimum Gasteiger partial charge on any atom is -0.490 e. The number of carbonyl (C=O) groups excluding carboxylic acids is 2. The summed E-state index contributed by atoms with van der Waals surface area (Å²) in [6.07, 6.45) is 5.61. The Balaban J connectivity index is 1.05. The van der Waals surface area contributed by atoms with Crippen LogP contribution in [0.3, 0.4) is 0 Å². The smallest absolute Gasteiger partial charge is 0.272 e. The number of ketones is 1. The second kappa shape index (κ2) is 12.5. The molecule has 2 fully saturated rings. The van der Waals surface area contributed by atoms with Gasteiger partial charge in [0.05, 0.1) is 0 Å². The lowest BCUT2D eigenvalue weighted by atomic mass is 9.90. The van der Waals surface area contributed by atoms with Gasteiger partial charge in [-0.3, -0.25) is 19.5 Å². The molecule has 39 heavy (non-hydrogen) atoms. The Bertz CT molecular complexity index is 1250. The highest BCUT2D eigenvalue weighted by Gasteiger charge is 2.26. The number of halogens is 1. The summed E-state index contributed by atoms with van der Waals surface area (Å²) in [6.45, 7) is 5.95. The Morgan fingerprint density at radius 3 is 2.23 bits per heavy atom. The van der Waals surface area contributed by atoms with E-state index in [9.17, 15) is 14.0 Å². The number of aryl methyl sites for hydroxylation is 1. The maximum atomic E-state index is 13.1. The minimum absolute atomic E-state index is 0.0764. The predicted molar refractivity (Wildman–Crippen MR) is 148 cm³/mol. The number of amides is 1. The maximum Gasteiger partial charge on any atom is 0.272 e. The summed E-state index contributed by atoms with van der Waals surface area (Å²) >= 11 is 0. The first-order valence-electron chi connectivity index (χ1n) is 13.9. The van der Waals surface area contributed by atoms with Crippen LogP contribution in [-0.4, -0.2) is 58.8 Å². The van der Waals surface area contributed by atoms with Crippen molar-refractivity contribution in [2.24, 2.45) is 5.92 Å². The van der Waals surface area contributed by atoms with Crippen molar-refractivity contribution >= 4 is 11.7 Å². The van der Waals surface area contributed by atoms with Crippen molar-refractivity contribution in [1.82, 2.24) is 14.8 Å². The van der Waals surface area contributed by atoms with E-state index in [1.165, 1.54) is 17.7 Å². The molecule has 0 saturated carbocycles. The first-order valence-corrected chi connectivity index (χ1v) is 13.9. The summed E-state index contributed by atoms with van der Waals surface area (Å²) in [6, 6.07) is 18.1. The van der Waals surface area contributed by atoms with Gasteiger partial charge in [-0.05, 0) is 80.7 Å². The van der Waals surface area contributed by atoms with Gasteiger partial charge in [0.25, 0.3) is 5.91 Å². The van der Waals surface area contributed by atoms with Crippen LogP contribution in [0.2, 0.25) is 0 Å². The summed E-state index contributed by atoms with van der Waals surface area (Å²) in [4.78, 5) is 34.4.